The summed E-state index contributed by atoms with van der Waals surface area (Å²) in [5.74, 6) is 1.20. The molecule has 0 amide bonds. The zero-order chi connectivity index (χ0) is 15.1. The zero-order valence-electron chi connectivity index (χ0n) is 14.3. The van der Waals surface area contributed by atoms with Crippen LogP contribution in [0.25, 0.3) is 0 Å². The Balaban J connectivity index is 2.64. The quantitative estimate of drug-likeness (QED) is 0.788. The number of rotatable bonds is 4. The highest BCUT2D eigenvalue weighted by atomic mass is 14.9. The molecule has 1 aromatic rings. The second-order valence-corrected chi connectivity index (χ2v) is 7.58. The predicted molar refractivity (Wildman–Crippen MR) is 88.7 cm³/mol. The molecule has 1 N–H and O–H groups in total. The average molecular weight is 273 g/mol. The summed E-state index contributed by atoms with van der Waals surface area (Å²) in [6.07, 6.45) is 1.22. The monoisotopic (exact) mass is 273 g/mol. The Hall–Kier alpha value is -0.820. The molecule has 0 heterocycles. The van der Waals surface area contributed by atoms with Crippen molar-refractivity contribution in [3.8, 4) is 0 Å². The summed E-state index contributed by atoms with van der Waals surface area (Å²) in [7, 11) is 0. The van der Waals surface area contributed by atoms with E-state index in [1.54, 1.807) is 16.7 Å². The second kappa shape index (κ2) is 5.52. The molecular formula is C19H31N. The van der Waals surface area contributed by atoms with Crippen molar-refractivity contribution in [3.63, 3.8) is 0 Å². The maximum Gasteiger partial charge on any atom is 0.0331 e. The van der Waals surface area contributed by atoms with Crippen molar-refractivity contribution in [1.29, 1.82) is 0 Å². The van der Waals surface area contributed by atoms with E-state index < -0.39 is 0 Å². The van der Waals surface area contributed by atoms with Gasteiger partial charge in [0.15, 0.2) is 0 Å². The molecule has 0 fully saturated rings. The molecule has 1 aromatic carbocycles. The minimum atomic E-state index is 0.289. The van der Waals surface area contributed by atoms with Gasteiger partial charge in [0.25, 0.3) is 0 Å². The van der Waals surface area contributed by atoms with Crippen molar-refractivity contribution in [1.82, 2.24) is 5.32 Å². The molecule has 20 heavy (non-hydrogen) atoms. The molecular weight excluding hydrogens is 242 g/mol. The van der Waals surface area contributed by atoms with E-state index in [0.29, 0.717) is 17.9 Å². The molecule has 0 aromatic heterocycles. The molecule has 1 aliphatic carbocycles. The Bertz CT molecular complexity index is 483. The molecule has 0 bridgehead atoms. The van der Waals surface area contributed by atoms with E-state index in [1.807, 2.05) is 0 Å². The lowest BCUT2D eigenvalue weighted by molar-refractivity contribution is 0.432. The molecule has 0 radical (unpaired) electrons. The fourth-order valence-electron chi connectivity index (χ4n) is 3.71. The lowest BCUT2D eigenvalue weighted by atomic mass is 9.79. The summed E-state index contributed by atoms with van der Waals surface area (Å²) in [6, 6.07) is 5.46. The van der Waals surface area contributed by atoms with Crippen LogP contribution in [0.5, 0.6) is 0 Å². The van der Waals surface area contributed by atoms with E-state index in [1.165, 1.54) is 12.0 Å². The average Bonchev–Trinajstić information content (AvgIpc) is 2.60. The van der Waals surface area contributed by atoms with Crippen molar-refractivity contribution >= 4 is 0 Å². The zero-order valence-corrected chi connectivity index (χ0v) is 14.3. The van der Waals surface area contributed by atoms with E-state index in [-0.39, 0.29) is 5.41 Å². The van der Waals surface area contributed by atoms with E-state index >= 15 is 0 Å². The molecule has 0 spiro atoms. The van der Waals surface area contributed by atoms with Crippen LogP contribution in [0.3, 0.4) is 0 Å². The minimum absolute atomic E-state index is 0.289. The van der Waals surface area contributed by atoms with Gasteiger partial charge in [0.2, 0.25) is 0 Å². The molecule has 1 nitrogen and oxygen atoms in total. The van der Waals surface area contributed by atoms with Gasteiger partial charge < -0.3 is 5.32 Å². The molecule has 0 saturated carbocycles. The standard InChI is InChI=1S/C19H31N/c1-8-20-17-11-19(6,7)18-15(13(4)5)9-14(12(2)3)10-16(17)18/h9-10,12-13,17,20H,8,11H2,1-7H3. The van der Waals surface area contributed by atoms with Gasteiger partial charge in [-0.25, -0.2) is 0 Å². The Morgan fingerprint density at radius 2 is 1.80 bits per heavy atom. The van der Waals surface area contributed by atoms with Crippen molar-refractivity contribution in [2.75, 3.05) is 6.54 Å². The van der Waals surface area contributed by atoms with E-state index in [2.05, 4.69) is 65.9 Å². The highest BCUT2D eigenvalue weighted by molar-refractivity contribution is 5.50. The van der Waals surface area contributed by atoms with Crippen LogP contribution < -0.4 is 5.32 Å². The van der Waals surface area contributed by atoms with E-state index in [4.69, 9.17) is 0 Å². The predicted octanol–water partition coefficient (Wildman–Crippen LogP) is 5.27. The SMILES string of the molecule is CCNC1CC(C)(C)c2c(C(C)C)cc(C(C)C)cc21. The van der Waals surface area contributed by atoms with Crippen LogP contribution in [0.4, 0.5) is 0 Å². The lowest BCUT2D eigenvalue weighted by Crippen LogP contribution is -2.21. The van der Waals surface area contributed by atoms with Gasteiger partial charge in [-0.05, 0) is 52.5 Å². The van der Waals surface area contributed by atoms with Crippen LogP contribution in [0, 0.1) is 0 Å². The van der Waals surface area contributed by atoms with Gasteiger partial charge in [-0.1, -0.05) is 60.6 Å². The number of hydrogen-bond donors (Lipinski definition) is 1. The van der Waals surface area contributed by atoms with E-state index in [9.17, 15) is 0 Å². The first-order valence-corrected chi connectivity index (χ1v) is 8.19. The van der Waals surface area contributed by atoms with Crippen LogP contribution >= 0.6 is 0 Å². The Morgan fingerprint density at radius 1 is 1.15 bits per heavy atom. The maximum absolute atomic E-state index is 3.69. The van der Waals surface area contributed by atoms with Crippen LogP contribution in [-0.4, -0.2) is 6.54 Å². The van der Waals surface area contributed by atoms with Crippen molar-refractivity contribution in [2.24, 2.45) is 0 Å². The van der Waals surface area contributed by atoms with Crippen LogP contribution in [0.2, 0.25) is 0 Å². The first kappa shape index (κ1) is 15.6. The fraction of sp³-hybridized carbons (Fsp3) is 0.684. The molecule has 2 rings (SSSR count). The molecule has 1 heteroatoms. The number of nitrogens with one attached hydrogen (secondary N) is 1. The molecule has 1 atom stereocenters. The van der Waals surface area contributed by atoms with Crippen molar-refractivity contribution in [3.05, 3.63) is 34.4 Å². The number of fused-ring (bicyclic) bond motifs is 1. The van der Waals surface area contributed by atoms with Crippen LogP contribution in [-0.2, 0) is 5.41 Å². The topological polar surface area (TPSA) is 12.0 Å². The Morgan fingerprint density at radius 3 is 2.30 bits per heavy atom. The van der Waals surface area contributed by atoms with Gasteiger partial charge in [0.1, 0.15) is 0 Å². The molecule has 112 valence electrons. The third-order valence-electron chi connectivity index (χ3n) is 4.73. The fourth-order valence-corrected chi connectivity index (χ4v) is 3.71. The largest absolute Gasteiger partial charge is 0.310 e. The summed E-state index contributed by atoms with van der Waals surface area (Å²) in [6.45, 7) is 17.3. The summed E-state index contributed by atoms with van der Waals surface area (Å²) in [5.41, 5.74) is 6.52. The van der Waals surface area contributed by atoms with Gasteiger partial charge in [0.05, 0.1) is 0 Å². The smallest absolute Gasteiger partial charge is 0.0331 e. The molecule has 0 saturated heterocycles. The first-order valence-electron chi connectivity index (χ1n) is 8.19. The first-order chi connectivity index (χ1) is 9.27. The van der Waals surface area contributed by atoms with Gasteiger partial charge >= 0.3 is 0 Å². The third kappa shape index (κ3) is 2.65. The van der Waals surface area contributed by atoms with Crippen LogP contribution in [0.1, 0.15) is 95.0 Å². The molecule has 1 aliphatic rings. The van der Waals surface area contributed by atoms with Crippen molar-refractivity contribution in [2.45, 2.75) is 78.2 Å². The number of benzene rings is 1. The number of hydrogen-bond acceptors (Lipinski definition) is 1. The highest BCUT2D eigenvalue weighted by Crippen LogP contribution is 2.48. The normalized spacial score (nSPS) is 20.8. The van der Waals surface area contributed by atoms with Gasteiger partial charge in [0, 0.05) is 6.04 Å². The van der Waals surface area contributed by atoms with Gasteiger partial charge in [-0.2, -0.15) is 0 Å². The molecule has 1 unspecified atom stereocenters. The minimum Gasteiger partial charge on any atom is -0.310 e. The second-order valence-electron chi connectivity index (χ2n) is 7.58. The highest BCUT2D eigenvalue weighted by Gasteiger charge is 2.39. The Kier molecular flexibility index (Phi) is 4.30. The summed E-state index contributed by atoms with van der Waals surface area (Å²) < 4.78 is 0. The van der Waals surface area contributed by atoms with E-state index in [0.717, 1.165) is 6.54 Å². The Labute approximate surface area is 125 Å². The summed E-state index contributed by atoms with van der Waals surface area (Å²) >= 11 is 0. The lowest BCUT2D eigenvalue weighted by Gasteiger charge is -2.25. The van der Waals surface area contributed by atoms with Crippen molar-refractivity contribution < 1.29 is 0 Å². The summed E-state index contributed by atoms with van der Waals surface area (Å²) in [5, 5.41) is 3.69. The van der Waals surface area contributed by atoms with Gasteiger partial charge in [-0.3, -0.25) is 0 Å². The molecule has 0 aliphatic heterocycles. The third-order valence-corrected chi connectivity index (χ3v) is 4.73. The van der Waals surface area contributed by atoms with Crippen LogP contribution in [0.15, 0.2) is 12.1 Å². The summed E-state index contributed by atoms with van der Waals surface area (Å²) in [4.78, 5) is 0. The van der Waals surface area contributed by atoms with Gasteiger partial charge in [-0.15, -0.1) is 0 Å². The maximum atomic E-state index is 3.69.